The molecule has 0 aliphatic heterocycles. The van der Waals surface area contributed by atoms with E-state index >= 15 is 0 Å². The smallest absolute Gasteiger partial charge is 0.387 e. The second kappa shape index (κ2) is 8.65. The van der Waals surface area contributed by atoms with Gasteiger partial charge in [0.2, 0.25) is 5.91 Å². The van der Waals surface area contributed by atoms with E-state index in [1.165, 1.54) is 24.3 Å². The molecule has 1 amide bonds. The van der Waals surface area contributed by atoms with Crippen LogP contribution in [-0.4, -0.2) is 49.2 Å². The number of rotatable bonds is 8. The Balaban J connectivity index is 2.54. The van der Waals surface area contributed by atoms with Crippen LogP contribution in [0, 0.1) is 0 Å². The minimum absolute atomic E-state index is 0.0219. The number of ether oxygens (including phenoxy) is 1. The molecule has 5 nitrogen and oxygen atoms in total. The summed E-state index contributed by atoms with van der Waals surface area (Å²) in [6, 6.07) is 5.41. The van der Waals surface area contributed by atoms with Crippen LogP contribution >= 0.6 is 0 Å². The molecule has 1 aromatic rings. The van der Waals surface area contributed by atoms with Crippen LogP contribution in [0.4, 0.5) is 8.78 Å². The third kappa shape index (κ3) is 5.57. The lowest BCUT2D eigenvalue weighted by Gasteiger charge is -2.22. The normalized spacial score (nSPS) is 14.0. The molecule has 1 rings (SSSR count). The van der Waals surface area contributed by atoms with Gasteiger partial charge < -0.3 is 15.2 Å². The standard InChI is InChI=1S/C15H22F2N2O3/c1-4-12(19(2)3)14(21)18-9-13(20)10-5-7-11(8-6-10)22-15(16)17/h5-8,12-13,15,20H,4,9H2,1-3H3,(H,18,21). The monoisotopic (exact) mass is 316 g/mol. The summed E-state index contributed by atoms with van der Waals surface area (Å²) in [6.45, 7) is -0.923. The highest BCUT2D eigenvalue weighted by molar-refractivity contribution is 5.81. The van der Waals surface area contributed by atoms with Crippen LogP contribution in [0.2, 0.25) is 0 Å². The third-order valence-electron chi connectivity index (χ3n) is 3.27. The van der Waals surface area contributed by atoms with E-state index in [1.807, 2.05) is 21.0 Å². The highest BCUT2D eigenvalue weighted by Crippen LogP contribution is 2.19. The molecule has 0 spiro atoms. The van der Waals surface area contributed by atoms with Gasteiger partial charge in [0.15, 0.2) is 0 Å². The number of hydrogen-bond donors (Lipinski definition) is 2. The van der Waals surface area contributed by atoms with E-state index in [4.69, 9.17) is 0 Å². The van der Waals surface area contributed by atoms with Gasteiger partial charge in [0.25, 0.3) is 0 Å². The van der Waals surface area contributed by atoms with Crippen LogP contribution in [0.25, 0.3) is 0 Å². The van der Waals surface area contributed by atoms with Gasteiger partial charge in [-0.1, -0.05) is 19.1 Å². The summed E-state index contributed by atoms with van der Waals surface area (Å²) >= 11 is 0. The summed E-state index contributed by atoms with van der Waals surface area (Å²) in [5, 5.41) is 12.7. The first kappa shape index (κ1) is 18.3. The predicted octanol–water partition coefficient (Wildman–Crippen LogP) is 1.78. The van der Waals surface area contributed by atoms with Crippen molar-refractivity contribution in [1.29, 1.82) is 0 Å². The molecule has 0 heterocycles. The van der Waals surface area contributed by atoms with Crippen molar-refractivity contribution < 1.29 is 23.4 Å². The molecule has 2 unspecified atom stereocenters. The van der Waals surface area contributed by atoms with Crippen LogP contribution in [-0.2, 0) is 4.79 Å². The maximum Gasteiger partial charge on any atom is 0.387 e. The maximum atomic E-state index is 12.0. The average Bonchev–Trinajstić information content (AvgIpc) is 2.45. The van der Waals surface area contributed by atoms with E-state index in [9.17, 15) is 18.7 Å². The second-order valence-corrected chi connectivity index (χ2v) is 5.10. The number of hydrogen-bond acceptors (Lipinski definition) is 4. The Labute approximate surface area is 128 Å². The predicted molar refractivity (Wildman–Crippen MR) is 78.8 cm³/mol. The summed E-state index contributed by atoms with van der Waals surface area (Å²) in [5.41, 5.74) is 0.514. The molecule has 0 aliphatic carbocycles. The fraction of sp³-hybridized carbons (Fsp3) is 0.533. The summed E-state index contributed by atoms with van der Waals surface area (Å²) in [4.78, 5) is 13.8. The van der Waals surface area contributed by atoms with Gasteiger partial charge in [-0.15, -0.1) is 0 Å². The molecule has 2 N–H and O–H groups in total. The van der Waals surface area contributed by atoms with Gasteiger partial charge in [0.05, 0.1) is 12.1 Å². The molecule has 7 heteroatoms. The minimum atomic E-state index is -2.88. The van der Waals surface area contributed by atoms with Gasteiger partial charge in [-0.05, 0) is 38.2 Å². The number of halogens is 2. The summed E-state index contributed by atoms with van der Waals surface area (Å²) < 4.78 is 28.3. The van der Waals surface area contributed by atoms with E-state index in [0.717, 1.165) is 0 Å². The van der Waals surface area contributed by atoms with Crippen LogP contribution in [0.1, 0.15) is 25.0 Å². The zero-order chi connectivity index (χ0) is 16.7. The summed E-state index contributed by atoms with van der Waals surface area (Å²) in [7, 11) is 3.62. The van der Waals surface area contributed by atoms with Crippen LogP contribution < -0.4 is 10.1 Å². The van der Waals surface area contributed by atoms with Crippen LogP contribution in [0.15, 0.2) is 24.3 Å². The van der Waals surface area contributed by atoms with E-state index in [2.05, 4.69) is 10.1 Å². The number of aliphatic hydroxyl groups is 1. The highest BCUT2D eigenvalue weighted by atomic mass is 19.3. The molecule has 0 aromatic heterocycles. The molecule has 0 bridgehead atoms. The summed E-state index contributed by atoms with van der Waals surface area (Å²) in [5.74, 6) is -0.141. The Hall–Kier alpha value is -1.73. The number of alkyl halides is 2. The van der Waals surface area contributed by atoms with Gasteiger partial charge in [-0.3, -0.25) is 9.69 Å². The molecule has 2 atom stereocenters. The zero-order valence-electron chi connectivity index (χ0n) is 12.9. The molecule has 0 aliphatic rings. The number of aliphatic hydroxyl groups excluding tert-OH is 1. The molecule has 0 radical (unpaired) electrons. The lowest BCUT2D eigenvalue weighted by molar-refractivity contribution is -0.126. The molecular formula is C15H22F2N2O3. The van der Waals surface area contributed by atoms with Crippen molar-refractivity contribution in [2.45, 2.75) is 32.1 Å². The molecular weight excluding hydrogens is 294 g/mol. The number of nitrogens with one attached hydrogen (secondary N) is 1. The first-order valence-corrected chi connectivity index (χ1v) is 7.02. The molecule has 1 aromatic carbocycles. The van der Waals surface area contributed by atoms with Crippen molar-refractivity contribution in [2.24, 2.45) is 0 Å². The molecule has 0 saturated carbocycles. The van der Waals surface area contributed by atoms with E-state index < -0.39 is 12.7 Å². The Morgan fingerprint density at radius 3 is 2.36 bits per heavy atom. The zero-order valence-corrected chi connectivity index (χ0v) is 12.9. The Kier molecular flexibility index (Phi) is 7.20. The van der Waals surface area contributed by atoms with Crippen molar-refractivity contribution in [3.8, 4) is 5.75 Å². The lowest BCUT2D eigenvalue weighted by Crippen LogP contribution is -2.44. The van der Waals surface area contributed by atoms with Crippen LogP contribution in [0.5, 0.6) is 5.75 Å². The number of amides is 1. The third-order valence-corrected chi connectivity index (χ3v) is 3.27. The Bertz CT molecular complexity index is 466. The Morgan fingerprint density at radius 1 is 1.32 bits per heavy atom. The number of benzene rings is 1. The maximum absolute atomic E-state index is 12.0. The van der Waals surface area contributed by atoms with Crippen molar-refractivity contribution in [2.75, 3.05) is 20.6 Å². The van der Waals surface area contributed by atoms with E-state index in [0.29, 0.717) is 12.0 Å². The van der Waals surface area contributed by atoms with Gasteiger partial charge in [0.1, 0.15) is 5.75 Å². The fourth-order valence-electron chi connectivity index (χ4n) is 2.09. The van der Waals surface area contributed by atoms with Crippen LogP contribution in [0.3, 0.4) is 0 Å². The van der Waals surface area contributed by atoms with Gasteiger partial charge in [0, 0.05) is 6.54 Å². The topological polar surface area (TPSA) is 61.8 Å². The number of nitrogens with zero attached hydrogens (tertiary/aromatic N) is 1. The van der Waals surface area contributed by atoms with Crippen molar-refractivity contribution >= 4 is 5.91 Å². The molecule has 124 valence electrons. The van der Waals surface area contributed by atoms with Crippen molar-refractivity contribution in [3.05, 3.63) is 29.8 Å². The van der Waals surface area contributed by atoms with Crippen molar-refractivity contribution in [3.63, 3.8) is 0 Å². The largest absolute Gasteiger partial charge is 0.435 e. The highest BCUT2D eigenvalue weighted by Gasteiger charge is 2.19. The number of carbonyl (C=O) groups is 1. The SMILES string of the molecule is CCC(C(=O)NCC(O)c1ccc(OC(F)F)cc1)N(C)C. The Morgan fingerprint density at radius 2 is 1.91 bits per heavy atom. The fourth-order valence-corrected chi connectivity index (χ4v) is 2.09. The second-order valence-electron chi connectivity index (χ2n) is 5.10. The first-order chi connectivity index (χ1) is 10.3. The molecule has 22 heavy (non-hydrogen) atoms. The quantitative estimate of drug-likeness (QED) is 0.767. The van der Waals surface area contributed by atoms with Gasteiger partial charge in [-0.25, -0.2) is 0 Å². The summed E-state index contributed by atoms with van der Waals surface area (Å²) in [6.07, 6.45) is -0.251. The minimum Gasteiger partial charge on any atom is -0.435 e. The first-order valence-electron chi connectivity index (χ1n) is 7.02. The number of carbonyl (C=O) groups excluding carboxylic acids is 1. The van der Waals surface area contributed by atoms with E-state index in [-0.39, 0.29) is 24.2 Å². The molecule has 0 fully saturated rings. The van der Waals surface area contributed by atoms with Gasteiger partial charge >= 0.3 is 6.61 Å². The van der Waals surface area contributed by atoms with E-state index in [1.54, 1.807) is 4.90 Å². The molecule has 0 saturated heterocycles. The van der Waals surface area contributed by atoms with Crippen molar-refractivity contribution in [1.82, 2.24) is 10.2 Å². The average molecular weight is 316 g/mol. The lowest BCUT2D eigenvalue weighted by atomic mass is 10.1. The van der Waals surface area contributed by atoms with Gasteiger partial charge in [-0.2, -0.15) is 8.78 Å². The number of likely N-dealkylation sites (N-methyl/N-ethyl adjacent to an activating group) is 1.